The van der Waals surface area contributed by atoms with E-state index in [4.69, 9.17) is 0 Å². The summed E-state index contributed by atoms with van der Waals surface area (Å²) in [4.78, 5) is 0. The van der Waals surface area contributed by atoms with E-state index in [1.165, 1.54) is 16.7 Å². The summed E-state index contributed by atoms with van der Waals surface area (Å²) in [6.45, 7) is 10.9. The molecule has 85 valence electrons. The molecule has 0 aromatic carbocycles. The first-order valence-corrected chi connectivity index (χ1v) is 5.35. The molecule has 3 heteroatoms. The van der Waals surface area contributed by atoms with Crippen molar-refractivity contribution in [3.05, 3.63) is 35.6 Å². The summed E-state index contributed by atoms with van der Waals surface area (Å²) >= 11 is 8.78. The molecule has 1 radical (unpaired) electrons. The first-order valence-electron chi connectivity index (χ1n) is 4.28. The van der Waals surface area contributed by atoms with Gasteiger partial charge in [-0.25, -0.2) is 5.57 Å². The third-order valence-electron chi connectivity index (χ3n) is 2.56. The van der Waals surface area contributed by atoms with Crippen LogP contribution in [0, 0.1) is 24.3 Å². The molecule has 0 nitrogen and oxygen atoms in total. The van der Waals surface area contributed by atoms with Crippen LogP contribution in [0.2, 0.25) is 0 Å². The average Bonchev–Trinajstić information content (AvgIpc) is 2.36. The molecular formula is C12H19Cl2Ti. The van der Waals surface area contributed by atoms with Gasteiger partial charge in [-0.3, -0.25) is 18.8 Å². The van der Waals surface area contributed by atoms with Crippen molar-refractivity contribution in [2.24, 2.45) is 5.41 Å². The molecule has 0 unspecified atom stereocenters. The van der Waals surface area contributed by atoms with E-state index in [-0.39, 0.29) is 27.1 Å². The molecule has 0 heterocycles. The Kier molecular flexibility index (Phi) is 14.0. The molecule has 0 atom stereocenters. The van der Waals surface area contributed by atoms with Crippen molar-refractivity contribution in [2.45, 2.75) is 34.6 Å². The minimum absolute atomic E-state index is 0. The van der Waals surface area contributed by atoms with E-state index in [9.17, 15) is 0 Å². The maximum atomic E-state index is 4.39. The molecule has 0 aliphatic heterocycles. The van der Waals surface area contributed by atoms with Crippen LogP contribution in [0.25, 0.3) is 0 Å². The number of hydrogen-bond acceptors (Lipinski definition) is 0. The monoisotopic (exact) mass is 281 g/mol. The van der Waals surface area contributed by atoms with Crippen molar-refractivity contribution in [3.8, 4) is 0 Å². The molecule has 1 rings (SSSR count). The van der Waals surface area contributed by atoms with E-state index in [1.54, 1.807) is 0 Å². The van der Waals surface area contributed by atoms with Crippen molar-refractivity contribution in [1.82, 2.24) is 0 Å². The third-order valence-corrected chi connectivity index (χ3v) is 2.56. The summed E-state index contributed by atoms with van der Waals surface area (Å²) in [5.74, 6) is 0. The topological polar surface area (TPSA) is 0 Å². The van der Waals surface area contributed by atoms with Crippen LogP contribution in [0.3, 0.4) is 0 Å². The molecule has 0 N–H and O–H groups in total. The molecule has 0 amide bonds. The maximum Gasteiger partial charge on any atom is 3.00 e. The van der Waals surface area contributed by atoms with E-state index in [0.29, 0.717) is 0 Å². The minimum atomic E-state index is 0. The predicted octanol–water partition coefficient (Wildman–Crippen LogP) is 5.14. The van der Waals surface area contributed by atoms with E-state index in [2.05, 4.69) is 76.7 Å². The van der Waals surface area contributed by atoms with Crippen LogP contribution in [-0.4, -0.2) is 0 Å². The SMILES string of the molecule is CC1=[C-]C(C)(C)C(C)=C1C.[CH2-]Cl.[CH2-]Cl.[Ti+3]. The quantitative estimate of drug-likeness (QED) is 0.426. The maximum absolute atomic E-state index is 4.39. The van der Waals surface area contributed by atoms with Gasteiger partial charge in [0.2, 0.25) is 0 Å². The molecule has 1 aliphatic rings. The van der Waals surface area contributed by atoms with Crippen molar-refractivity contribution in [3.63, 3.8) is 0 Å². The largest absolute Gasteiger partial charge is 3.00 e. The molecule has 0 spiro atoms. The van der Waals surface area contributed by atoms with Crippen molar-refractivity contribution < 1.29 is 21.7 Å². The predicted molar refractivity (Wildman–Crippen MR) is 67.0 cm³/mol. The zero-order valence-electron chi connectivity index (χ0n) is 10.2. The molecule has 1 aliphatic carbocycles. The van der Waals surface area contributed by atoms with Crippen LogP contribution in [0.5, 0.6) is 0 Å². The molecule has 0 bridgehead atoms. The fourth-order valence-electron chi connectivity index (χ4n) is 1.41. The van der Waals surface area contributed by atoms with Gasteiger partial charge in [0.25, 0.3) is 0 Å². The second-order valence-electron chi connectivity index (χ2n) is 3.62. The molecule has 0 saturated heterocycles. The van der Waals surface area contributed by atoms with Crippen LogP contribution in [0.1, 0.15) is 34.6 Å². The van der Waals surface area contributed by atoms with Crippen molar-refractivity contribution >= 4 is 23.2 Å². The zero-order valence-corrected chi connectivity index (χ0v) is 13.2. The second-order valence-corrected chi connectivity index (χ2v) is 3.62. The fourth-order valence-corrected chi connectivity index (χ4v) is 1.41. The van der Waals surface area contributed by atoms with Crippen LogP contribution in [0.15, 0.2) is 16.7 Å². The normalized spacial score (nSPS) is 16.5. The molecule has 0 fully saturated rings. The number of hydrogen-bond donors (Lipinski definition) is 0. The van der Waals surface area contributed by atoms with Gasteiger partial charge < -0.3 is 23.2 Å². The first kappa shape index (κ1) is 21.1. The van der Waals surface area contributed by atoms with E-state index in [1.807, 2.05) is 0 Å². The Morgan fingerprint density at radius 2 is 1.33 bits per heavy atom. The Morgan fingerprint density at radius 1 is 1.00 bits per heavy atom. The summed E-state index contributed by atoms with van der Waals surface area (Å²) in [6.07, 6.45) is 8.88. The molecule has 0 aromatic rings. The van der Waals surface area contributed by atoms with Crippen molar-refractivity contribution in [1.29, 1.82) is 0 Å². The van der Waals surface area contributed by atoms with Gasteiger partial charge in [-0.1, -0.05) is 33.1 Å². The second kappa shape index (κ2) is 9.96. The van der Waals surface area contributed by atoms with E-state index >= 15 is 0 Å². The Morgan fingerprint density at radius 3 is 1.40 bits per heavy atom. The summed E-state index contributed by atoms with van der Waals surface area (Å²) in [5, 5.41) is 0. The van der Waals surface area contributed by atoms with Crippen LogP contribution in [0.4, 0.5) is 0 Å². The van der Waals surface area contributed by atoms with E-state index in [0.717, 1.165) is 0 Å². The van der Waals surface area contributed by atoms with Gasteiger partial charge >= 0.3 is 21.7 Å². The summed E-state index contributed by atoms with van der Waals surface area (Å²) in [7, 11) is 0. The van der Waals surface area contributed by atoms with Crippen LogP contribution >= 0.6 is 23.2 Å². The van der Waals surface area contributed by atoms with Crippen LogP contribution < -0.4 is 0 Å². The summed E-state index contributed by atoms with van der Waals surface area (Å²) in [5.41, 5.74) is 4.39. The molecule has 15 heavy (non-hydrogen) atoms. The van der Waals surface area contributed by atoms with Gasteiger partial charge in [0.1, 0.15) is 0 Å². The van der Waals surface area contributed by atoms with Crippen LogP contribution in [-0.2, 0) is 21.7 Å². The summed E-state index contributed by atoms with van der Waals surface area (Å²) in [6, 6.07) is 0. The third kappa shape index (κ3) is 6.17. The number of rotatable bonds is 0. The van der Waals surface area contributed by atoms with Crippen molar-refractivity contribution in [2.75, 3.05) is 0 Å². The van der Waals surface area contributed by atoms with Gasteiger partial charge in [0.15, 0.2) is 0 Å². The number of halogens is 2. The average molecular weight is 282 g/mol. The van der Waals surface area contributed by atoms with Gasteiger partial charge in [-0.05, 0) is 0 Å². The Labute approximate surface area is 120 Å². The Balaban J connectivity index is -0.000000258. The van der Waals surface area contributed by atoms with Gasteiger partial charge in [-0.2, -0.15) is 11.1 Å². The smallest absolute Gasteiger partial charge is 0.352 e. The van der Waals surface area contributed by atoms with E-state index < -0.39 is 0 Å². The zero-order chi connectivity index (χ0) is 11.9. The fraction of sp³-hybridized carbons (Fsp3) is 0.500. The van der Waals surface area contributed by atoms with Gasteiger partial charge in [0, 0.05) is 0 Å². The number of allylic oxidation sites excluding steroid dienone is 4. The Bertz CT molecular complexity index is 228. The molecular weight excluding hydrogens is 263 g/mol. The first-order chi connectivity index (χ1) is 6.45. The summed E-state index contributed by atoms with van der Waals surface area (Å²) < 4.78 is 0. The molecule has 0 saturated carbocycles. The minimum Gasteiger partial charge on any atom is -0.352 e. The standard InChI is InChI=1S/C10H15.2CH2Cl.Ti/c1-7-6-10(4,5)9(3)8(7)2;2*1-2;/h1-5H3;2*1H2;/q3*-1;+3. The van der Waals surface area contributed by atoms with Gasteiger partial charge in [-0.15, -0.1) is 6.92 Å². The molecule has 0 aromatic heterocycles. The Hall–Kier alpha value is 0.774. The van der Waals surface area contributed by atoms with Gasteiger partial charge in [0.05, 0.1) is 0 Å².